The van der Waals surface area contributed by atoms with Crippen LogP contribution in [0.5, 0.6) is 11.5 Å². The van der Waals surface area contributed by atoms with E-state index in [1.165, 1.54) is 12.1 Å². The topological polar surface area (TPSA) is 66.6 Å². The smallest absolute Gasteiger partial charge is 0.191 e. The van der Waals surface area contributed by atoms with Crippen molar-refractivity contribution in [1.29, 1.82) is 0 Å². The number of aliphatic imine (C=N–C) groups is 1. The van der Waals surface area contributed by atoms with Gasteiger partial charge in [0, 0.05) is 75.4 Å². The number of benzene rings is 2. The van der Waals surface area contributed by atoms with Gasteiger partial charge >= 0.3 is 0 Å². The fourth-order valence-corrected chi connectivity index (χ4v) is 4.36. The Bertz CT molecular complexity index is 913. The third-order valence-corrected chi connectivity index (χ3v) is 6.29. The lowest BCUT2D eigenvalue weighted by atomic mass is 10.1. The van der Waals surface area contributed by atoms with E-state index in [2.05, 4.69) is 14.7 Å². The summed E-state index contributed by atoms with van der Waals surface area (Å²) in [7, 11) is 3.34. The van der Waals surface area contributed by atoms with Crippen LogP contribution in [0.25, 0.3) is 0 Å². The monoisotopic (exact) mass is 569 g/mol. The zero-order chi connectivity index (χ0) is 22.5. The number of nitrogens with two attached hydrogens (primary N) is 1. The summed E-state index contributed by atoms with van der Waals surface area (Å²) in [6, 6.07) is 12.6. The van der Waals surface area contributed by atoms with E-state index in [1.54, 1.807) is 14.2 Å². The molecule has 0 spiro atoms. The summed E-state index contributed by atoms with van der Waals surface area (Å²) in [6.07, 6.45) is 1.08. The summed E-state index contributed by atoms with van der Waals surface area (Å²) in [6.45, 7) is 5.95. The van der Waals surface area contributed by atoms with Crippen molar-refractivity contribution >= 4 is 41.3 Å². The number of rotatable bonds is 6. The fourth-order valence-electron chi connectivity index (χ4n) is 4.36. The second kappa shape index (κ2) is 11.6. The van der Waals surface area contributed by atoms with Gasteiger partial charge in [-0.05, 0) is 36.6 Å². The molecule has 2 N–H and O–H groups in total. The highest BCUT2D eigenvalue weighted by Crippen LogP contribution is 2.31. The summed E-state index contributed by atoms with van der Waals surface area (Å²) < 4.78 is 24.0. The van der Waals surface area contributed by atoms with Crippen LogP contribution < -0.4 is 25.0 Å². The van der Waals surface area contributed by atoms with E-state index < -0.39 is 0 Å². The van der Waals surface area contributed by atoms with Crippen LogP contribution in [0.2, 0.25) is 0 Å². The Kier molecular flexibility index (Phi) is 8.87. The number of methoxy groups -OCH3 is 2. The normalized spacial score (nSPS) is 18.8. The Labute approximate surface area is 212 Å². The predicted molar refractivity (Wildman–Crippen MR) is 142 cm³/mol. The minimum Gasteiger partial charge on any atom is -0.497 e. The Morgan fingerprint density at radius 1 is 0.939 bits per heavy atom. The zero-order valence-electron chi connectivity index (χ0n) is 19.2. The van der Waals surface area contributed by atoms with E-state index in [9.17, 15) is 4.39 Å². The minimum atomic E-state index is -0.209. The Morgan fingerprint density at radius 2 is 1.58 bits per heavy atom. The number of nitrogens with zero attached hydrogens (tertiary/aromatic N) is 4. The number of piperazine rings is 1. The number of halogens is 2. The van der Waals surface area contributed by atoms with Gasteiger partial charge in [-0.15, -0.1) is 24.0 Å². The molecule has 2 heterocycles. The van der Waals surface area contributed by atoms with Crippen molar-refractivity contribution in [3.05, 3.63) is 48.3 Å². The molecule has 0 radical (unpaired) electrons. The van der Waals surface area contributed by atoms with E-state index in [0.717, 1.165) is 75.1 Å². The van der Waals surface area contributed by atoms with E-state index in [4.69, 9.17) is 20.2 Å². The molecular weight excluding hydrogens is 536 g/mol. The largest absolute Gasteiger partial charge is 0.497 e. The molecule has 2 aliphatic rings. The van der Waals surface area contributed by atoms with Crippen LogP contribution in [-0.4, -0.2) is 70.9 Å². The van der Waals surface area contributed by atoms with Crippen LogP contribution in [0.1, 0.15) is 6.42 Å². The first-order chi connectivity index (χ1) is 15.6. The maximum absolute atomic E-state index is 13.2. The van der Waals surface area contributed by atoms with Crippen LogP contribution >= 0.6 is 24.0 Å². The van der Waals surface area contributed by atoms with Crippen LogP contribution in [0.4, 0.5) is 15.8 Å². The van der Waals surface area contributed by atoms with Gasteiger partial charge in [-0.3, -0.25) is 4.99 Å². The van der Waals surface area contributed by atoms with Crippen molar-refractivity contribution in [3.8, 4) is 11.5 Å². The average molecular weight is 569 g/mol. The number of hydrogen-bond donors (Lipinski definition) is 1. The SMILES string of the molecule is COc1cc(OC)cc(N2CCC(CN=C(N)N3CCN(c4ccc(F)cc4)CC3)C2)c1.I. The molecule has 1 unspecified atom stereocenters. The summed E-state index contributed by atoms with van der Waals surface area (Å²) >= 11 is 0. The minimum absolute atomic E-state index is 0. The maximum Gasteiger partial charge on any atom is 0.191 e. The van der Waals surface area contributed by atoms with Gasteiger partial charge in [-0.2, -0.15) is 0 Å². The predicted octanol–water partition coefficient (Wildman–Crippen LogP) is 3.42. The van der Waals surface area contributed by atoms with Crippen LogP contribution in [-0.2, 0) is 0 Å². The first-order valence-electron chi connectivity index (χ1n) is 11.1. The second-order valence-electron chi connectivity index (χ2n) is 8.32. The van der Waals surface area contributed by atoms with Crippen molar-refractivity contribution in [3.63, 3.8) is 0 Å². The molecule has 0 aromatic heterocycles. The molecule has 2 aliphatic heterocycles. The van der Waals surface area contributed by atoms with Crippen LogP contribution in [0.15, 0.2) is 47.5 Å². The Hall–Kier alpha value is -2.43. The van der Waals surface area contributed by atoms with Crippen molar-refractivity contribution in [2.45, 2.75) is 6.42 Å². The van der Waals surface area contributed by atoms with Crippen LogP contribution in [0.3, 0.4) is 0 Å². The highest BCUT2D eigenvalue weighted by Gasteiger charge is 2.24. The van der Waals surface area contributed by atoms with E-state index >= 15 is 0 Å². The highest BCUT2D eigenvalue weighted by molar-refractivity contribution is 14.0. The molecule has 0 bridgehead atoms. The quantitative estimate of drug-likeness (QED) is 0.327. The summed E-state index contributed by atoms with van der Waals surface area (Å²) in [4.78, 5) is 11.5. The molecule has 0 aliphatic carbocycles. The van der Waals surface area contributed by atoms with Gasteiger partial charge in [0.25, 0.3) is 0 Å². The molecule has 4 rings (SSSR count). The van der Waals surface area contributed by atoms with E-state index in [1.807, 2.05) is 30.3 Å². The third-order valence-electron chi connectivity index (χ3n) is 6.29. The summed E-state index contributed by atoms with van der Waals surface area (Å²) in [5.41, 5.74) is 8.47. The molecular formula is C24H33FIN5O2. The summed E-state index contributed by atoms with van der Waals surface area (Å²) in [5.74, 6) is 2.46. The number of ether oxygens (including phenoxy) is 2. The molecule has 2 fully saturated rings. The molecule has 180 valence electrons. The maximum atomic E-state index is 13.2. The Morgan fingerprint density at radius 3 is 2.18 bits per heavy atom. The lowest BCUT2D eigenvalue weighted by Crippen LogP contribution is -2.51. The highest BCUT2D eigenvalue weighted by atomic mass is 127. The first-order valence-corrected chi connectivity index (χ1v) is 11.1. The lowest BCUT2D eigenvalue weighted by Gasteiger charge is -2.36. The molecule has 0 saturated carbocycles. The number of guanidine groups is 1. The van der Waals surface area contributed by atoms with Crippen LogP contribution in [0, 0.1) is 11.7 Å². The number of hydrogen-bond acceptors (Lipinski definition) is 5. The third kappa shape index (κ3) is 6.33. The average Bonchev–Trinajstić information content (AvgIpc) is 3.32. The van der Waals surface area contributed by atoms with Gasteiger partial charge in [0.15, 0.2) is 5.96 Å². The lowest BCUT2D eigenvalue weighted by molar-refractivity contribution is 0.379. The van der Waals surface area contributed by atoms with Crippen molar-refractivity contribution in [2.24, 2.45) is 16.6 Å². The van der Waals surface area contributed by atoms with Gasteiger partial charge < -0.3 is 29.9 Å². The molecule has 33 heavy (non-hydrogen) atoms. The van der Waals surface area contributed by atoms with Crippen molar-refractivity contribution in [2.75, 3.05) is 69.8 Å². The molecule has 9 heteroatoms. The molecule has 0 amide bonds. The Balaban J connectivity index is 0.00000306. The first kappa shape index (κ1) is 25.2. The number of anilines is 2. The molecule has 2 saturated heterocycles. The summed E-state index contributed by atoms with van der Waals surface area (Å²) in [5, 5.41) is 0. The van der Waals surface area contributed by atoms with Gasteiger partial charge in [-0.1, -0.05) is 0 Å². The van der Waals surface area contributed by atoms with Gasteiger partial charge in [0.1, 0.15) is 17.3 Å². The van der Waals surface area contributed by atoms with Crippen molar-refractivity contribution in [1.82, 2.24) is 4.90 Å². The molecule has 1 atom stereocenters. The van der Waals surface area contributed by atoms with E-state index in [0.29, 0.717) is 11.9 Å². The fraction of sp³-hybridized carbons (Fsp3) is 0.458. The molecule has 2 aromatic carbocycles. The van der Waals surface area contributed by atoms with E-state index in [-0.39, 0.29) is 29.8 Å². The zero-order valence-corrected chi connectivity index (χ0v) is 21.6. The molecule has 7 nitrogen and oxygen atoms in total. The van der Waals surface area contributed by atoms with Gasteiger partial charge in [0.05, 0.1) is 14.2 Å². The molecule has 2 aromatic rings. The second-order valence-corrected chi connectivity index (χ2v) is 8.32. The van der Waals surface area contributed by atoms with Crippen molar-refractivity contribution < 1.29 is 13.9 Å². The van der Waals surface area contributed by atoms with Gasteiger partial charge in [-0.25, -0.2) is 4.39 Å². The standard InChI is InChI=1S/C24H32FN5O2.HI/c1-31-22-13-21(14-23(15-22)32-2)30-8-7-18(17-30)16-27-24(26)29-11-9-28(10-12-29)20-5-3-19(25)4-6-20;/h3-6,13-15,18H,7-12,16-17H2,1-2H3,(H2,26,27);1H. The van der Waals surface area contributed by atoms with Gasteiger partial charge in [0.2, 0.25) is 0 Å².